The summed E-state index contributed by atoms with van der Waals surface area (Å²) in [6, 6.07) is 5.72. The molecule has 1 amide bonds. The van der Waals surface area contributed by atoms with Gasteiger partial charge in [0.25, 0.3) is 5.91 Å². The second kappa shape index (κ2) is 8.07. The van der Waals surface area contributed by atoms with Crippen molar-refractivity contribution in [2.75, 3.05) is 11.9 Å². The molecule has 0 aliphatic rings. The van der Waals surface area contributed by atoms with Gasteiger partial charge in [-0.05, 0) is 44.2 Å². The molecule has 0 radical (unpaired) electrons. The fourth-order valence-corrected chi connectivity index (χ4v) is 2.25. The maximum absolute atomic E-state index is 14.2. The van der Waals surface area contributed by atoms with Crippen molar-refractivity contribution in [2.24, 2.45) is 0 Å². The molecule has 2 aromatic carbocycles. The Bertz CT molecular complexity index is 826. The third kappa shape index (κ3) is 5.20. The van der Waals surface area contributed by atoms with E-state index < -0.39 is 34.6 Å². The molecule has 0 unspecified atom stereocenters. The highest BCUT2D eigenvalue weighted by Crippen LogP contribution is 2.29. The van der Waals surface area contributed by atoms with Crippen LogP contribution < -0.4 is 10.8 Å². The quantitative estimate of drug-likeness (QED) is 0.602. The van der Waals surface area contributed by atoms with E-state index in [1.165, 1.54) is 26.0 Å². The van der Waals surface area contributed by atoms with Crippen molar-refractivity contribution in [3.8, 4) is 0 Å². The Labute approximate surface area is 156 Å². The zero-order valence-corrected chi connectivity index (χ0v) is 15.5. The minimum absolute atomic E-state index is 0.149. The van der Waals surface area contributed by atoms with E-state index in [1.807, 2.05) is 5.48 Å². The standard InChI is InChI=1S/C17H16BrF3N2O3/c1-17(2,25)8-26-23-16(24)10-4-5-11(19)14(21)15(10)22-13-6-3-9(18)7-12(13)20/h3-7,22,25H,8H2,1-2H3,(H,23,24). The summed E-state index contributed by atoms with van der Waals surface area (Å²) in [5.41, 5.74) is -0.181. The van der Waals surface area contributed by atoms with Gasteiger partial charge in [-0.25, -0.2) is 18.7 Å². The highest BCUT2D eigenvalue weighted by molar-refractivity contribution is 9.10. The summed E-state index contributed by atoms with van der Waals surface area (Å²) in [6.45, 7) is 2.69. The summed E-state index contributed by atoms with van der Waals surface area (Å²) in [5.74, 6) is -4.18. The van der Waals surface area contributed by atoms with Gasteiger partial charge in [0.2, 0.25) is 0 Å². The maximum atomic E-state index is 14.2. The number of nitrogens with one attached hydrogen (secondary N) is 2. The Balaban J connectivity index is 2.30. The normalized spacial score (nSPS) is 11.3. The summed E-state index contributed by atoms with van der Waals surface area (Å²) in [4.78, 5) is 17.1. The van der Waals surface area contributed by atoms with E-state index >= 15 is 0 Å². The Morgan fingerprint density at radius 1 is 1.19 bits per heavy atom. The van der Waals surface area contributed by atoms with Crippen LogP contribution in [0.4, 0.5) is 24.5 Å². The molecule has 3 N–H and O–H groups in total. The topological polar surface area (TPSA) is 70.6 Å². The largest absolute Gasteiger partial charge is 0.388 e. The number of carbonyl (C=O) groups excluding carboxylic acids is 1. The monoisotopic (exact) mass is 432 g/mol. The molecule has 5 nitrogen and oxygen atoms in total. The predicted molar refractivity (Wildman–Crippen MR) is 93.5 cm³/mol. The zero-order chi connectivity index (χ0) is 19.5. The van der Waals surface area contributed by atoms with Crippen LogP contribution in [0.1, 0.15) is 24.2 Å². The van der Waals surface area contributed by atoms with Crippen LogP contribution in [-0.4, -0.2) is 23.2 Å². The molecule has 26 heavy (non-hydrogen) atoms. The van der Waals surface area contributed by atoms with Gasteiger partial charge in [-0.3, -0.25) is 9.63 Å². The number of hydrogen-bond donors (Lipinski definition) is 3. The third-order valence-corrected chi connectivity index (χ3v) is 3.61. The number of halogens is 4. The fraction of sp³-hybridized carbons (Fsp3) is 0.235. The molecule has 2 aromatic rings. The van der Waals surface area contributed by atoms with Gasteiger partial charge in [-0.1, -0.05) is 15.9 Å². The lowest BCUT2D eigenvalue weighted by Gasteiger charge is -2.18. The Hall–Kier alpha value is -2.10. The van der Waals surface area contributed by atoms with Gasteiger partial charge in [-0.2, -0.15) is 0 Å². The number of carbonyl (C=O) groups is 1. The van der Waals surface area contributed by atoms with E-state index in [4.69, 9.17) is 4.84 Å². The van der Waals surface area contributed by atoms with Crippen LogP contribution in [0.3, 0.4) is 0 Å². The second-order valence-electron chi connectivity index (χ2n) is 6.07. The van der Waals surface area contributed by atoms with E-state index in [9.17, 15) is 23.1 Å². The maximum Gasteiger partial charge on any atom is 0.277 e. The lowest BCUT2D eigenvalue weighted by Crippen LogP contribution is -2.33. The van der Waals surface area contributed by atoms with Gasteiger partial charge < -0.3 is 10.4 Å². The third-order valence-electron chi connectivity index (χ3n) is 3.12. The molecule has 9 heteroatoms. The molecule has 0 spiro atoms. The lowest BCUT2D eigenvalue weighted by molar-refractivity contribution is -0.0522. The van der Waals surface area contributed by atoms with Crippen molar-refractivity contribution in [3.63, 3.8) is 0 Å². The van der Waals surface area contributed by atoms with E-state index in [0.29, 0.717) is 4.47 Å². The number of benzene rings is 2. The van der Waals surface area contributed by atoms with Gasteiger partial charge >= 0.3 is 0 Å². The summed E-state index contributed by atoms with van der Waals surface area (Å²) in [7, 11) is 0. The van der Waals surface area contributed by atoms with Gasteiger partial charge in [0.15, 0.2) is 11.6 Å². The van der Waals surface area contributed by atoms with Crippen molar-refractivity contribution in [1.82, 2.24) is 5.48 Å². The highest BCUT2D eigenvalue weighted by atomic mass is 79.9. The van der Waals surface area contributed by atoms with Crippen LogP contribution in [0.15, 0.2) is 34.8 Å². The van der Waals surface area contributed by atoms with Crippen molar-refractivity contribution in [2.45, 2.75) is 19.4 Å². The van der Waals surface area contributed by atoms with E-state index in [1.54, 1.807) is 0 Å². The lowest BCUT2D eigenvalue weighted by atomic mass is 10.1. The van der Waals surface area contributed by atoms with Crippen molar-refractivity contribution >= 4 is 33.2 Å². The Kier molecular flexibility index (Phi) is 6.27. The molecular weight excluding hydrogens is 417 g/mol. The number of hydrogen-bond acceptors (Lipinski definition) is 4. The molecule has 2 rings (SSSR count). The Morgan fingerprint density at radius 2 is 1.88 bits per heavy atom. The van der Waals surface area contributed by atoms with Crippen LogP contribution in [-0.2, 0) is 4.84 Å². The number of hydroxylamine groups is 1. The number of aliphatic hydroxyl groups is 1. The van der Waals surface area contributed by atoms with Crippen LogP contribution >= 0.6 is 15.9 Å². The fourth-order valence-electron chi connectivity index (χ4n) is 1.92. The van der Waals surface area contributed by atoms with Gasteiger partial charge in [-0.15, -0.1) is 0 Å². The average molecular weight is 433 g/mol. The molecule has 0 bridgehead atoms. The first kappa shape index (κ1) is 20.2. The van der Waals surface area contributed by atoms with Crippen LogP contribution in [0.2, 0.25) is 0 Å². The summed E-state index contributed by atoms with van der Waals surface area (Å²) in [6.07, 6.45) is 0. The zero-order valence-electron chi connectivity index (χ0n) is 13.9. The predicted octanol–water partition coefficient (Wildman–Crippen LogP) is 4.04. The van der Waals surface area contributed by atoms with Crippen LogP contribution in [0.5, 0.6) is 0 Å². The SMILES string of the molecule is CC(C)(O)CONC(=O)c1ccc(F)c(F)c1Nc1ccc(Br)cc1F. The molecule has 0 heterocycles. The minimum Gasteiger partial charge on any atom is -0.388 e. The summed E-state index contributed by atoms with van der Waals surface area (Å²) in [5, 5.41) is 11.9. The number of rotatable bonds is 6. The van der Waals surface area contributed by atoms with Crippen molar-refractivity contribution in [3.05, 3.63) is 57.8 Å². The first-order chi connectivity index (χ1) is 12.1. The first-order valence-corrected chi connectivity index (χ1v) is 8.22. The molecule has 0 aromatic heterocycles. The van der Waals surface area contributed by atoms with Gasteiger partial charge in [0.05, 0.1) is 22.5 Å². The van der Waals surface area contributed by atoms with Crippen LogP contribution in [0, 0.1) is 17.5 Å². The van der Waals surface area contributed by atoms with Gasteiger partial charge in [0, 0.05) is 4.47 Å². The Morgan fingerprint density at radius 3 is 2.50 bits per heavy atom. The summed E-state index contributed by atoms with van der Waals surface area (Å²) < 4.78 is 42.2. The molecule has 0 saturated carbocycles. The molecule has 0 aliphatic heterocycles. The number of amides is 1. The van der Waals surface area contributed by atoms with Crippen molar-refractivity contribution < 1.29 is 27.9 Å². The molecular formula is C17H16BrF3N2O3. The second-order valence-corrected chi connectivity index (χ2v) is 6.98. The van der Waals surface area contributed by atoms with E-state index in [-0.39, 0.29) is 17.9 Å². The summed E-state index contributed by atoms with van der Waals surface area (Å²) >= 11 is 3.09. The van der Waals surface area contributed by atoms with Crippen LogP contribution in [0.25, 0.3) is 0 Å². The number of anilines is 2. The van der Waals surface area contributed by atoms with E-state index in [2.05, 4.69) is 21.2 Å². The first-order valence-electron chi connectivity index (χ1n) is 7.43. The highest BCUT2D eigenvalue weighted by Gasteiger charge is 2.21. The molecule has 0 saturated heterocycles. The van der Waals surface area contributed by atoms with E-state index in [0.717, 1.165) is 18.2 Å². The molecule has 0 atom stereocenters. The minimum atomic E-state index is -1.34. The van der Waals surface area contributed by atoms with Crippen molar-refractivity contribution in [1.29, 1.82) is 0 Å². The van der Waals surface area contributed by atoms with Gasteiger partial charge in [0.1, 0.15) is 12.4 Å². The smallest absolute Gasteiger partial charge is 0.277 e. The average Bonchev–Trinajstić information content (AvgIpc) is 2.52. The molecule has 0 fully saturated rings. The molecule has 0 aliphatic carbocycles. The molecule has 140 valence electrons.